The number of hydrogen-bond acceptors (Lipinski definition) is 5. The zero-order valence-corrected chi connectivity index (χ0v) is 9.43. The summed E-state index contributed by atoms with van der Waals surface area (Å²) in [6, 6.07) is 0. The minimum atomic E-state index is -0.268. The van der Waals surface area contributed by atoms with E-state index in [4.69, 9.17) is 10.5 Å². The lowest BCUT2D eigenvalue weighted by Gasteiger charge is -2.11. The Morgan fingerprint density at radius 2 is 2.13 bits per heavy atom. The fraction of sp³-hybridized carbons (Fsp3) is 0.600. The van der Waals surface area contributed by atoms with Gasteiger partial charge in [-0.05, 0) is 12.8 Å². The summed E-state index contributed by atoms with van der Waals surface area (Å²) in [4.78, 5) is 8.98. The molecule has 2 aliphatic rings. The van der Waals surface area contributed by atoms with E-state index in [9.17, 15) is 0 Å². The lowest BCUT2D eigenvalue weighted by Crippen LogP contribution is -2.23. The Morgan fingerprint density at radius 1 is 1.33 bits per heavy atom. The highest BCUT2D eigenvalue weighted by atomic mass is 32.2. The van der Waals surface area contributed by atoms with Crippen LogP contribution >= 0.6 is 11.8 Å². The van der Waals surface area contributed by atoms with Crippen LogP contribution in [0.15, 0.2) is 0 Å². The van der Waals surface area contributed by atoms with Crippen molar-refractivity contribution in [3.05, 3.63) is 17.1 Å². The smallest absolute Gasteiger partial charge is 0.220 e. The van der Waals surface area contributed by atoms with E-state index in [0.29, 0.717) is 0 Å². The van der Waals surface area contributed by atoms with E-state index in [0.717, 1.165) is 47.3 Å². The first kappa shape index (κ1) is 9.42. The molecule has 2 N–H and O–H groups in total. The maximum atomic E-state index is 6.10. The van der Waals surface area contributed by atoms with Crippen LogP contribution in [0.25, 0.3) is 0 Å². The van der Waals surface area contributed by atoms with Crippen molar-refractivity contribution in [3.63, 3.8) is 0 Å². The van der Waals surface area contributed by atoms with Gasteiger partial charge in [0.15, 0.2) is 5.82 Å². The monoisotopic (exact) mass is 223 g/mol. The van der Waals surface area contributed by atoms with E-state index in [1.54, 1.807) is 7.11 Å². The summed E-state index contributed by atoms with van der Waals surface area (Å²) < 4.78 is 5.30. The van der Waals surface area contributed by atoms with E-state index < -0.39 is 0 Å². The minimum Gasteiger partial charge on any atom is -0.481 e. The maximum Gasteiger partial charge on any atom is 0.220 e. The summed E-state index contributed by atoms with van der Waals surface area (Å²) in [6.45, 7) is 0. The molecule has 1 saturated carbocycles. The zero-order valence-electron chi connectivity index (χ0n) is 8.62. The van der Waals surface area contributed by atoms with Crippen molar-refractivity contribution < 1.29 is 4.74 Å². The molecule has 1 aromatic rings. The molecule has 0 radical (unpaired) electrons. The molecule has 1 fully saturated rings. The summed E-state index contributed by atoms with van der Waals surface area (Å²) in [6.07, 6.45) is 1.98. The highest BCUT2D eigenvalue weighted by Gasteiger charge is 2.44. The van der Waals surface area contributed by atoms with Gasteiger partial charge in [-0.15, -0.1) is 0 Å². The van der Waals surface area contributed by atoms with Gasteiger partial charge < -0.3 is 10.5 Å². The van der Waals surface area contributed by atoms with Crippen molar-refractivity contribution in [2.75, 3.05) is 7.11 Å². The number of aromatic nitrogens is 2. The SMILES string of the molecule is COc1nc(C2(N)CC2)nc2c1CSC2. The van der Waals surface area contributed by atoms with Crippen molar-refractivity contribution in [2.45, 2.75) is 29.9 Å². The van der Waals surface area contributed by atoms with Gasteiger partial charge in [-0.25, -0.2) is 4.98 Å². The second-order valence-corrected chi connectivity index (χ2v) is 5.12. The van der Waals surface area contributed by atoms with Crippen LogP contribution in [-0.2, 0) is 17.0 Å². The Hall–Kier alpha value is -0.810. The first-order valence-corrected chi connectivity index (χ1v) is 6.19. The summed E-state index contributed by atoms with van der Waals surface area (Å²) in [5, 5.41) is 0. The fourth-order valence-corrected chi connectivity index (χ4v) is 2.80. The van der Waals surface area contributed by atoms with Crippen molar-refractivity contribution in [3.8, 4) is 5.88 Å². The van der Waals surface area contributed by atoms with Gasteiger partial charge in [-0.2, -0.15) is 16.7 Å². The first-order chi connectivity index (χ1) is 7.23. The molecule has 0 atom stereocenters. The van der Waals surface area contributed by atoms with Gasteiger partial charge in [0, 0.05) is 17.1 Å². The molecule has 0 saturated heterocycles. The molecule has 4 nitrogen and oxygen atoms in total. The average molecular weight is 223 g/mol. The van der Waals surface area contributed by atoms with Gasteiger partial charge in [-0.1, -0.05) is 0 Å². The van der Waals surface area contributed by atoms with E-state index in [1.807, 2.05) is 11.8 Å². The number of nitrogens with zero attached hydrogens (tertiary/aromatic N) is 2. The summed E-state index contributed by atoms with van der Waals surface area (Å²) in [7, 11) is 1.66. The largest absolute Gasteiger partial charge is 0.481 e. The van der Waals surface area contributed by atoms with Gasteiger partial charge in [-0.3, -0.25) is 0 Å². The van der Waals surface area contributed by atoms with E-state index in [-0.39, 0.29) is 5.54 Å². The van der Waals surface area contributed by atoms with Gasteiger partial charge in [0.25, 0.3) is 0 Å². The molecule has 0 amide bonds. The lowest BCUT2D eigenvalue weighted by molar-refractivity contribution is 0.388. The normalized spacial score (nSPS) is 21.2. The molecule has 15 heavy (non-hydrogen) atoms. The standard InChI is InChI=1S/C10H13N3OS/c1-14-8-6-4-15-5-7(6)12-9(13-8)10(11)2-3-10/h2-5,11H2,1H3. The van der Waals surface area contributed by atoms with Gasteiger partial charge in [0.05, 0.1) is 18.3 Å². The van der Waals surface area contributed by atoms with Gasteiger partial charge >= 0.3 is 0 Å². The third-order valence-electron chi connectivity index (χ3n) is 2.97. The molecule has 80 valence electrons. The molecule has 1 aromatic heterocycles. The number of hydrogen-bond donors (Lipinski definition) is 1. The molecule has 0 unspecified atom stereocenters. The number of rotatable bonds is 2. The van der Waals surface area contributed by atoms with Crippen LogP contribution in [-0.4, -0.2) is 17.1 Å². The Morgan fingerprint density at radius 3 is 2.80 bits per heavy atom. The van der Waals surface area contributed by atoms with Gasteiger partial charge in [0.1, 0.15) is 0 Å². The number of fused-ring (bicyclic) bond motifs is 1. The Balaban J connectivity index is 2.11. The molecule has 1 aliphatic carbocycles. The average Bonchev–Trinajstić information content (AvgIpc) is 2.82. The Bertz CT molecular complexity index is 417. The quantitative estimate of drug-likeness (QED) is 0.815. The molecular formula is C10H13N3OS. The Kier molecular flexibility index (Phi) is 1.94. The van der Waals surface area contributed by atoms with Crippen LogP contribution in [0.4, 0.5) is 0 Å². The van der Waals surface area contributed by atoms with Crippen molar-refractivity contribution >= 4 is 11.8 Å². The van der Waals surface area contributed by atoms with Crippen molar-refractivity contribution in [1.82, 2.24) is 9.97 Å². The topological polar surface area (TPSA) is 61.0 Å². The summed E-state index contributed by atoms with van der Waals surface area (Å²) >= 11 is 1.85. The highest BCUT2D eigenvalue weighted by molar-refractivity contribution is 7.98. The Labute approximate surface area is 92.6 Å². The molecule has 5 heteroatoms. The first-order valence-electron chi connectivity index (χ1n) is 5.04. The molecular weight excluding hydrogens is 210 g/mol. The van der Waals surface area contributed by atoms with Crippen LogP contribution in [0.1, 0.15) is 29.9 Å². The molecule has 0 aromatic carbocycles. The van der Waals surface area contributed by atoms with Crippen LogP contribution < -0.4 is 10.5 Å². The minimum absolute atomic E-state index is 0.268. The predicted octanol–water partition coefficient (Wildman–Crippen LogP) is 1.18. The number of nitrogens with two attached hydrogens (primary N) is 1. The van der Waals surface area contributed by atoms with Crippen LogP contribution in [0.5, 0.6) is 5.88 Å². The van der Waals surface area contributed by atoms with Crippen LogP contribution in [0.2, 0.25) is 0 Å². The molecule has 3 rings (SSSR count). The number of thioether (sulfide) groups is 1. The van der Waals surface area contributed by atoms with Crippen LogP contribution in [0, 0.1) is 0 Å². The zero-order chi connectivity index (χ0) is 10.5. The molecule has 0 bridgehead atoms. The van der Waals surface area contributed by atoms with Crippen molar-refractivity contribution in [1.29, 1.82) is 0 Å². The highest BCUT2D eigenvalue weighted by Crippen LogP contribution is 2.43. The van der Waals surface area contributed by atoms with Crippen LogP contribution in [0.3, 0.4) is 0 Å². The third-order valence-corrected chi connectivity index (χ3v) is 3.94. The molecule has 0 spiro atoms. The molecule has 1 aliphatic heterocycles. The lowest BCUT2D eigenvalue weighted by atomic mass is 10.2. The van der Waals surface area contributed by atoms with E-state index in [2.05, 4.69) is 9.97 Å². The third kappa shape index (κ3) is 1.41. The second kappa shape index (κ2) is 3.09. The molecule has 2 heterocycles. The van der Waals surface area contributed by atoms with Crippen molar-refractivity contribution in [2.24, 2.45) is 5.73 Å². The number of ether oxygens (including phenoxy) is 1. The second-order valence-electron chi connectivity index (χ2n) is 4.13. The van der Waals surface area contributed by atoms with Gasteiger partial charge in [0.2, 0.25) is 5.88 Å². The number of methoxy groups -OCH3 is 1. The summed E-state index contributed by atoms with van der Waals surface area (Å²) in [5.41, 5.74) is 8.09. The summed E-state index contributed by atoms with van der Waals surface area (Å²) in [5.74, 6) is 3.39. The predicted molar refractivity (Wildman–Crippen MR) is 58.7 cm³/mol. The van der Waals surface area contributed by atoms with E-state index >= 15 is 0 Å². The maximum absolute atomic E-state index is 6.10. The fourth-order valence-electron chi connectivity index (χ4n) is 1.77. The van der Waals surface area contributed by atoms with E-state index in [1.165, 1.54) is 0 Å².